The Labute approximate surface area is 64.2 Å². The number of aromatic hydroxyl groups is 1. The molecule has 0 radical (unpaired) electrons. The first-order valence-electron chi connectivity index (χ1n) is 2.78. The van der Waals surface area contributed by atoms with Crippen LogP contribution in [0.1, 0.15) is 0 Å². The van der Waals surface area contributed by atoms with Gasteiger partial charge < -0.3 is 14.7 Å². The van der Waals surface area contributed by atoms with Gasteiger partial charge in [0, 0.05) is 0 Å². The van der Waals surface area contributed by atoms with E-state index in [1.54, 1.807) is 18.2 Å². The summed E-state index contributed by atoms with van der Waals surface area (Å²) in [6.45, 7) is 2.00. The molecule has 0 atom stereocenters. The van der Waals surface area contributed by atoms with E-state index in [1.807, 2.05) is 6.79 Å². The maximum Gasteiger partial charge on any atom is 0.188 e. The zero-order valence-corrected chi connectivity index (χ0v) is 5.86. The van der Waals surface area contributed by atoms with Gasteiger partial charge in [0.1, 0.15) is 6.79 Å². The van der Waals surface area contributed by atoms with Gasteiger partial charge in [0.2, 0.25) is 0 Å². The minimum Gasteiger partial charge on any atom is -0.504 e. The smallest absolute Gasteiger partial charge is 0.188 e. The lowest BCUT2D eigenvalue weighted by molar-refractivity contribution is -0.0979. The maximum atomic E-state index is 8.91. The van der Waals surface area contributed by atoms with Crippen LogP contribution < -0.4 is 10.7 Å². The first-order valence-corrected chi connectivity index (χ1v) is 2.78. The van der Waals surface area contributed by atoms with Crippen molar-refractivity contribution in [2.45, 2.75) is 0 Å². The third-order valence-corrected chi connectivity index (χ3v) is 0.992. The maximum absolute atomic E-state index is 8.91. The summed E-state index contributed by atoms with van der Waals surface area (Å²) in [7, 11) is 0. The summed E-state index contributed by atoms with van der Waals surface area (Å²) < 4.78 is 0. The molecule has 0 aliphatic heterocycles. The Morgan fingerprint density at radius 1 is 1.36 bits per heavy atom. The number of benzene rings is 1. The van der Waals surface area contributed by atoms with Gasteiger partial charge in [0.15, 0.2) is 11.5 Å². The van der Waals surface area contributed by atoms with E-state index < -0.39 is 0 Å². The van der Waals surface area contributed by atoms with E-state index in [-0.39, 0.29) is 11.5 Å². The number of nitrogens with two attached hydrogens (primary N) is 1. The van der Waals surface area contributed by atoms with Gasteiger partial charge in [0.25, 0.3) is 0 Å². The Morgan fingerprint density at radius 2 is 1.91 bits per heavy atom. The Kier molecular flexibility index (Phi) is 4.51. The molecule has 0 saturated heterocycles. The van der Waals surface area contributed by atoms with Gasteiger partial charge in [-0.05, 0) is 12.1 Å². The second-order valence-corrected chi connectivity index (χ2v) is 1.59. The second-order valence-electron chi connectivity index (χ2n) is 1.59. The summed E-state index contributed by atoms with van der Waals surface area (Å²) >= 11 is 0. The van der Waals surface area contributed by atoms with Crippen LogP contribution in [0, 0.1) is 0 Å². The van der Waals surface area contributed by atoms with Gasteiger partial charge in [-0.15, -0.1) is 0 Å². The quantitative estimate of drug-likeness (QED) is 0.578. The van der Waals surface area contributed by atoms with E-state index in [2.05, 4.69) is 4.84 Å². The van der Waals surface area contributed by atoms with Crippen molar-refractivity contribution in [3.05, 3.63) is 24.3 Å². The van der Waals surface area contributed by atoms with Crippen LogP contribution in [0.25, 0.3) is 0 Å². The summed E-state index contributed by atoms with van der Waals surface area (Å²) in [5.74, 6) is 5.14. The molecule has 0 aromatic heterocycles. The van der Waals surface area contributed by atoms with Crippen molar-refractivity contribution in [1.82, 2.24) is 0 Å². The standard InChI is InChI=1S/C6H7NO2.CH2O/c7-9-6-4-2-1-3-5(6)8;1-2/h1-4,8H,7H2;1H2. The number of para-hydroxylation sites is 2. The van der Waals surface area contributed by atoms with Gasteiger partial charge in [-0.1, -0.05) is 12.1 Å². The number of hydrogen-bond acceptors (Lipinski definition) is 4. The lowest BCUT2D eigenvalue weighted by atomic mass is 10.3. The summed E-state index contributed by atoms with van der Waals surface area (Å²) in [6.07, 6.45) is 0. The molecule has 1 aromatic rings. The summed E-state index contributed by atoms with van der Waals surface area (Å²) in [5, 5.41) is 8.91. The fraction of sp³-hybridized carbons (Fsp3) is 0. The molecule has 4 nitrogen and oxygen atoms in total. The van der Waals surface area contributed by atoms with Crippen LogP contribution in [0.2, 0.25) is 0 Å². The van der Waals surface area contributed by atoms with Crippen molar-refractivity contribution >= 4 is 6.79 Å². The Hall–Kier alpha value is -1.55. The van der Waals surface area contributed by atoms with E-state index in [0.29, 0.717) is 0 Å². The predicted molar refractivity (Wildman–Crippen MR) is 40.0 cm³/mol. The van der Waals surface area contributed by atoms with Gasteiger partial charge in [0.05, 0.1) is 0 Å². The van der Waals surface area contributed by atoms with Gasteiger partial charge in [-0.2, -0.15) is 5.90 Å². The molecule has 0 spiro atoms. The Balaban J connectivity index is 0.000000461. The van der Waals surface area contributed by atoms with E-state index >= 15 is 0 Å². The number of rotatable bonds is 1. The summed E-state index contributed by atoms with van der Waals surface area (Å²) in [6, 6.07) is 6.50. The molecule has 3 N–H and O–H groups in total. The summed E-state index contributed by atoms with van der Waals surface area (Å²) in [5.41, 5.74) is 0. The van der Waals surface area contributed by atoms with Crippen LogP contribution in [0.5, 0.6) is 11.5 Å². The number of carbonyl (C=O) groups is 1. The Bertz CT molecular complexity index is 215. The van der Waals surface area contributed by atoms with Crippen LogP contribution in [-0.2, 0) is 4.79 Å². The second kappa shape index (κ2) is 5.25. The molecule has 0 bridgehead atoms. The molecule has 0 aliphatic rings. The van der Waals surface area contributed by atoms with Crippen LogP contribution in [0.4, 0.5) is 0 Å². The van der Waals surface area contributed by atoms with Crippen LogP contribution >= 0.6 is 0 Å². The molecule has 0 saturated carbocycles. The highest BCUT2D eigenvalue weighted by atomic mass is 16.6. The minimum atomic E-state index is 0.0556. The number of hydrogen-bond donors (Lipinski definition) is 2. The molecule has 0 unspecified atom stereocenters. The molecule has 1 aromatic carbocycles. The lowest BCUT2D eigenvalue weighted by Crippen LogP contribution is -2.01. The molecule has 0 aliphatic carbocycles. The number of phenols is 1. The van der Waals surface area contributed by atoms with E-state index in [9.17, 15) is 0 Å². The molecular formula is C7H9NO3. The molecule has 1 rings (SSSR count). The fourth-order valence-electron chi connectivity index (χ4n) is 0.557. The summed E-state index contributed by atoms with van der Waals surface area (Å²) in [4.78, 5) is 12.3. The van der Waals surface area contributed by atoms with Crippen molar-refractivity contribution in [1.29, 1.82) is 0 Å². The van der Waals surface area contributed by atoms with Gasteiger partial charge in [-0.25, -0.2) is 0 Å². The average Bonchev–Trinajstić information content (AvgIpc) is 2.09. The van der Waals surface area contributed by atoms with E-state index in [1.165, 1.54) is 6.07 Å². The first kappa shape index (κ1) is 9.45. The molecule has 0 fully saturated rings. The highest BCUT2D eigenvalue weighted by molar-refractivity contribution is 5.37. The molecule has 0 amide bonds. The van der Waals surface area contributed by atoms with Crippen molar-refractivity contribution in [3.63, 3.8) is 0 Å². The van der Waals surface area contributed by atoms with Crippen molar-refractivity contribution in [3.8, 4) is 11.5 Å². The van der Waals surface area contributed by atoms with E-state index in [4.69, 9.17) is 15.8 Å². The molecule has 11 heavy (non-hydrogen) atoms. The molecule has 0 heterocycles. The number of carbonyl (C=O) groups excluding carboxylic acids is 1. The number of phenolic OH excluding ortho intramolecular Hbond substituents is 1. The third kappa shape index (κ3) is 2.68. The monoisotopic (exact) mass is 155 g/mol. The minimum absolute atomic E-state index is 0.0556. The molecular weight excluding hydrogens is 146 g/mol. The van der Waals surface area contributed by atoms with Crippen molar-refractivity contribution in [2.75, 3.05) is 0 Å². The fourth-order valence-corrected chi connectivity index (χ4v) is 0.557. The highest BCUT2D eigenvalue weighted by Crippen LogP contribution is 2.22. The first-order chi connectivity index (χ1) is 5.34. The Morgan fingerprint density at radius 3 is 2.27 bits per heavy atom. The lowest BCUT2D eigenvalue weighted by Gasteiger charge is -1.98. The zero-order valence-electron chi connectivity index (χ0n) is 5.86. The SMILES string of the molecule is C=O.NOc1ccccc1O. The van der Waals surface area contributed by atoms with Crippen LogP contribution in [0.3, 0.4) is 0 Å². The zero-order chi connectivity index (χ0) is 8.69. The molecule has 4 heteroatoms. The topological polar surface area (TPSA) is 72.6 Å². The third-order valence-electron chi connectivity index (χ3n) is 0.992. The van der Waals surface area contributed by atoms with Gasteiger partial charge in [-0.3, -0.25) is 0 Å². The normalized spacial score (nSPS) is 7.73. The van der Waals surface area contributed by atoms with Crippen molar-refractivity contribution in [2.24, 2.45) is 5.90 Å². The van der Waals surface area contributed by atoms with Crippen LogP contribution in [-0.4, -0.2) is 11.9 Å². The van der Waals surface area contributed by atoms with Crippen LogP contribution in [0.15, 0.2) is 24.3 Å². The highest BCUT2D eigenvalue weighted by Gasteiger charge is 1.95. The predicted octanol–water partition coefficient (Wildman–Crippen LogP) is 0.460. The van der Waals surface area contributed by atoms with Gasteiger partial charge >= 0.3 is 0 Å². The van der Waals surface area contributed by atoms with E-state index in [0.717, 1.165) is 0 Å². The molecule has 60 valence electrons. The largest absolute Gasteiger partial charge is 0.504 e. The average molecular weight is 155 g/mol. The van der Waals surface area contributed by atoms with Crippen molar-refractivity contribution < 1.29 is 14.7 Å².